The molecule has 1 aliphatic carbocycles. The average Bonchev–Trinajstić information content (AvgIpc) is 3.72. The Hall–Kier alpha value is -4.42. The number of aromatic amines is 2. The predicted molar refractivity (Wildman–Crippen MR) is 164 cm³/mol. The van der Waals surface area contributed by atoms with Gasteiger partial charge in [0.25, 0.3) is 0 Å². The third-order valence-electron chi connectivity index (χ3n) is 9.78. The molecule has 240 valence electrons. The molecule has 4 atom stereocenters. The van der Waals surface area contributed by atoms with E-state index in [2.05, 4.69) is 27.2 Å². The maximum atomic E-state index is 13.3. The van der Waals surface area contributed by atoms with E-state index in [9.17, 15) is 39.6 Å². The van der Waals surface area contributed by atoms with Crippen LogP contribution in [0.5, 0.6) is 0 Å². The number of fused-ring (bicyclic) bond motifs is 1. The molecule has 8 N–H and O–H groups in total. The van der Waals surface area contributed by atoms with E-state index in [1.165, 1.54) is 6.08 Å². The molecule has 12 nitrogen and oxygen atoms in total. The number of carboxylic acids is 2. The Morgan fingerprint density at radius 2 is 1.80 bits per heavy atom. The van der Waals surface area contributed by atoms with Crippen molar-refractivity contribution in [2.24, 2.45) is 11.8 Å². The zero-order valence-corrected chi connectivity index (χ0v) is 25.9. The van der Waals surface area contributed by atoms with Gasteiger partial charge in [0.1, 0.15) is 6.04 Å². The summed E-state index contributed by atoms with van der Waals surface area (Å²) < 4.78 is 0. The van der Waals surface area contributed by atoms with E-state index in [4.69, 9.17) is 0 Å². The highest BCUT2D eigenvalue weighted by Crippen LogP contribution is 2.44. The number of aromatic nitrogens is 2. The van der Waals surface area contributed by atoms with Crippen molar-refractivity contribution < 1.29 is 39.6 Å². The number of aliphatic carboxylic acids is 2. The third-order valence-corrected chi connectivity index (χ3v) is 9.78. The van der Waals surface area contributed by atoms with Gasteiger partial charge in [0.2, 0.25) is 5.91 Å². The minimum absolute atomic E-state index is 0.0123. The summed E-state index contributed by atoms with van der Waals surface area (Å²) in [6.45, 7) is 10.7. The fourth-order valence-corrected chi connectivity index (χ4v) is 7.44. The molecule has 1 unspecified atom stereocenters. The second kappa shape index (κ2) is 11.8. The van der Waals surface area contributed by atoms with Gasteiger partial charge in [-0.25, -0.2) is 4.79 Å². The van der Waals surface area contributed by atoms with Crippen LogP contribution >= 0.6 is 0 Å². The molecule has 0 saturated carbocycles. The monoisotopic (exact) mass is 620 g/mol. The summed E-state index contributed by atoms with van der Waals surface area (Å²) in [4.78, 5) is 55.9. The van der Waals surface area contributed by atoms with Crippen molar-refractivity contribution >= 4 is 29.2 Å². The first kappa shape index (κ1) is 32.0. The van der Waals surface area contributed by atoms with Crippen LogP contribution < -0.4 is 10.6 Å². The van der Waals surface area contributed by atoms with Crippen LogP contribution in [0.25, 0.3) is 5.57 Å². The topological polar surface area (TPSA) is 205 Å². The van der Waals surface area contributed by atoms with Crippen molar-refractivity contribution in [2.75, 3.05) is 0 Å². The predicted octanol–water partition coefficient (Wildman–Crippen LogP) is 2.63. The van der Waals surface area contributed by atoms with Crippen molar-refractivity contribution in [1.29, 1.82) is 0 Å². The first-order valence-corrected chi connectivity index (χ1v) is 15.2. The smallest absolute Gasteiger partial charge is 0.326 e. The van der Waals surface area contributed by atoms with E-state index in [0.29, 0.717) is 57.8 Å². The van der Waals surface area contributed by atoms with E-state index in [1.54, 1.807) is 13.8 Å². The highest BCUT2D eigenvalue weighted by Gasteiger charge is 2.45. The van der Waals surface area contributed by atoms with Crippen LogP contribution in [0.4, 0.5) is 0 Å². The van der Waals surface area contributed by atoms with Gasteiger partial charge in [-0.05, 0) is 43.7 Å². The van der Waals surface area contributed by atoms with Crippen LogP contribution in [0, 0.1) is 18.8 Å². The molecule has 0 radical (unpaired) electrons. The Morgan fingerprint density at radius 3 is 2.40 bits per heavy atom. The minimum atomic E-state index is -1.69. The molecule has 2 aromatic rings. The summed E-state index contributed by atoms with van der Waals surface area (Å²) in [6.07, 6.45) is 2.57. The van der Waals surface area contributed by atoms with Gasteiger partial charge in [0.15, 0.2) is 11.5 Å². The zero-order chi connectivity index (χ0) is 33.0. The van der Waals surface area contributed by atoms with Gasteiger partial charge < -0.3 is 41.0 Å². The lowest BCUT2D eigenvalue weighted by Gasteiger charge is -2.25. The maximum Gasteiger partial charge on any atom is 0.326 e. The number of rotatable bonds is 11. The Kier molecular flexibility index (Phi) is 8.41. The molecule has 0 aromatic carbocycles. The molecule has 2 aliphatic heterocycles. The van der Waals surface area contributed by atoms with Gasteiger partial charge >= 0.3 is 11.9 Å². The van der Waals surface area contributed by atoms with Crippen LogP contribution in [0.15, 0.2) is 29.5 Å². The van der Waals surface area contributed by atoms with Crippen molar-refractivity contribution in [3.63, 3.8) is 0 Å². The number of carboxylic acid groups (broad SMARTS) is 2. The summed E-state index contributed by atoms with van der Waals surface area (Å²) in [5, 5.41) is 46.6. The maximum absolute atomic E-state index is 13.3. The second-order valence-corrected chi connectivity index (χ2v) is 12.3. The summed E-state index contributed by atoms with van der Waals surface area (Å²) in [5.41, 5.74) is 5.83. The van der Waals surface area contributed by atoms with Gasteiger partial charge in [0, 0.05) is 82.2 Å². The molecular weight excluding hydrogens is 580 g/mol. The summed E-state index contributed by atoms with van der Waals surface area (Å²) in [7, 11) is 0. The molecule has 1 saturated heterocycles. The number of hydrogen-bond acceptors (Lipinski definition) is 7. The molecule has 0 spiro atoms. The summed E-state index contributed by atoms with van der Waals surface area (Å²) >= 11 is 0. The van der Waals surface area contributed by atoms with Crippen molar-refractivity contribution in [3.8, 4) is 0 Å². The lowest BCUT2D eigenvalue weighted by atomic mass is 9.85. The minimum Gasteiger partial charge on any atom is -0.481 e. The SMILES string of the molecule is C=CC1=C(C)C(=O)NC1(O)Cc1[nH]c(Cc2[nH]c3c(c2C)C(=O)C/C3=C2/N[C@H](C(=O)O)[C@@H](C)[C@@H]2CCC(=O)O)c(CC)c1CO. The number of H-pyrrole nitrogens is 2. The van der Waals surface area contributed by atoms with E-state index < -0.39 is 29.6 Å². The molecule has 5 rings (SSSR count). The number of allylic oxidation sites excluding steroid dienone is 2. The molecule has 1 amide bonds. The number of hydrogen-bond donors (Lipinski definition) is 8. The number of amides is 1. The normalized spacial score (nSPS) is 26.0. The van der Waals surface area contributed by atoms with E-state index in [1.807, 2.05) is 13.8 Å². The molecule has 4 heterocycles. The molecule has 3 aliphatic rings. The third kappa shape index (κ3) is 5.31. The number of carbonyl (C=O) groups is 4. The van der Waals surface area contributed by atoms with Gasteiger partial charge in [0.05, 0.1) is 12.3 Å². The first-order valence-electron chi connectivity index (χ1n) is 15.2. The second-order valence-electron chi connectivity index (χ2n) is 12.3. The number of carbonyl (C=O) groups excluding carboxylic acids is 2. The Balaban J connectivity index is 1.53. The van der Waals surface area contributed by atoms with E-state index in [-0.39, 0.29) is 49.9 Å². The standard InChI is InChI=1S/C33H40N4O8/c1-6-17-20(13-38)24(12-33(45)21(7-2)15(4)31(42)37-33)34-23(17)11-22-16(5)27-25(39)10-19(30(27)35-22)29-18(8-9-26(40)41)14(3)28(36-29)32(43)44/h7,14,18,28,34-36,38,45H,2,6,8-13H2,1,3-5H3,(H,37,42)(H,40,41)(H,43,44)/b29-19-/t14-,18-,28-,33?/m0/s1. The Morgan fingerprint density at radius 1 is 1.09 bits per heavy atom. The van der Waals surface area contributed by atoms with E-state index in [0.717, 1.165) is 22.5 Å². The molecule has 1 fully saturated rings. The van der Waals surface area contributed by atoms with E-state index >= 15 is 0 Å². The molecule has 0 bridgehead atoms. The highest BCUT2D eigenvalue weighted by atomic mass is 16.4. The van der Waals surface area contributed by atoms with Crippen LogP contribution in [-0.4, -0.2) is 65.8 Å². The fourth-order valence-electron chi connectivity index (χ4n) is 7.44. The number of ketones is 1. The van der Waals surface area contributed by atoms with Gasteiger partial charge in [-0.3, -0.25) is 14.4 Å². The fraction of sp³-hybridized carbons (Fsp3) is 0.455. The number of nitrogens with one attached hydrogen (secondary N) is 4. The molecule has 12 heteroatoms. The average molecular weight is 621 g/mol. The van der Waals surface area contributed by atoms with Gasteiger partial charge in [-0.15, -0.1) is 0 Å². The highest BCUT2D eigenvalue weighted by molar-refractivity contribution is 6.13. The van der Waals surface area contributed by atoms with Crippen molar-refractivity contribution in [2.45, 2.75) is 84.6 Å². The molecular formula is C33H40N4O8. The number of Topliss-reactive ketones (excluding diaryl/α,β-unsaturated/α-hetero) is 1. The first-order chi connectivity index (χ1) is 21.3. The summed E-state index contributed by atoms with van der Waals surface area (Å²) in [6, 6.07) is -0.901. The lowest BCUT2D eigenvalue weighted by molar-refractivity contribution is -0.140. The van der Waals surface area contributed by atoms with Gasteiger partial charge in [-0.2, -0.15) is 0 Å². The van der Waals surface area contributed by atoms with Crippen molar-refractivity contribution in [3.05, 3.63) is 74.5 Å². The Bertz CT molecular complexity index is 1690. The van der Waals surface area contributed by atoms with Gasteiger partial charge in [-0.1, -0.05) is 26.5 Å². The van der Waals surface area contributed by atoms with Crippen LogP contribution in [0.3, 0.4) is 0 Å². The Labute approximate surface area is 260 Å². The van der Waals surface area contributed by atoms with Crippen LogP contribution in [-0.2, 0) is 40.3 Å². The summed E-state index contributed by atoms with van der Waals surface area (Å²) in [5.74, 6) is -3.24. The zero-order valence-electron chi connectivity index (χ0n) is 25.9. The molecule has 45 heavy (non-hydrogen) atoms. The lowest BCUT2D eigenvalue weighted by Crippen LogP contribution is -2.46. The van der Waals surface area contributed by atoms with Crippen LogP contribution in [0.2, 0.25) is 0 Å². The molecule has 2 aromatic heterocycles. The largest absolute Gasteiger partial charge is 0.481 e. The number of aliphatic hydroxyl groups excluding tert-OH is 1. The number of aliphatic hydroxyl groups is 2. The van der Waals surface area contributed by atoms with Crippen molar-refractivity contribution in [1.82, 2.24) is 20.6 Å². The quantitative estimate of drug-likeness (QED) is 0.186. The van der Waals surface area contributed by atoms with Crippen LogP contribution in [0.1, 0.15) is 89.9 Å².